The molecule has 9 aromatic carbocycles. The van der Waals surface area contributed by atoms with E-state index < -0.39 is 0 Å². The first kappa shape index (κ1) is 37.4. The second-order valence-corrected chi connectivity index (χ2v) is 18.8. The van der Waals surface area contributed by atoms with Crippen LogP contribution in [0.4, 0.5) is 17.1 Å². The van der Waals surface area contributed by atoms with Gasteiger partial charge < -0.3 is 9.47 Å². The molecule has 1 heterocycles. The van der Waals surface area contributed by atoms with Crippen molar-refractivity contribution in [1.82, 2.24) is 4.57 Å². The topological polar surface area (TPSA) is 8.17 Å². The van der Waals surface area contributed by atoms with Crippen LogP contribution in [0.15, 0.2) is 218 Å². The first-order valence-electron chi connectivity index (χ1n) is 24.0. The van der Waals surface area contributed by atoms with Crippen LogP contribution < -0.4 is 4.90 Å². The van der Waals surface area contributed by atoms with E-state index in [1.807, 2.05) is 12.1 Å². The van der Waals surface area contributed by atoms with Gasteiger partial charge in [0.1, 0.15) is 0 Å². The normalized spacial score (nSPS) is 14.7. The average molecular weight is 849 g/mol. The van der Waals surface area contributed by atoms with Gasteiger partial charge in [-0.1, -0.05) is 198 Å². The van der Waals surface area contributed by atoms with Crippen molar-refractivity contribution >= 4 is 40.1 Å². The minimum absolute atomic E-state index is 0.219. The zero-order chi connectivity index (χ0) is 46.3. The summed E-state index contributed by atoms with van der Waals surface area (Å²) >= 11 is 0. The maximum Gasteiger partial charge on any atom is 0.0629 e. The van der Waals surface area contributed by atoms with E-state index in [9.17, 15) is 2.74 Å². The second kappa shape index (κ2) is 15.4. The van der Waals surface area contributed by atoms with Crippen LogP contribution in [0.3, 0.4) is 0 Å². The summed E-state index contributed by atoms with van der Waals surface area (Å²) in [5, 5.41) is 1.20. The Morgan fingerprint density at radius 2 is 0.848 bits per heavy atom. The molecule has 0 saturated heterocycles. The van der Waals surface area contributed by atoms with Crippen LogP contribution in [0.25, 0.3) is 73.3 Å². The molecule has 2 heteroatoms. The highest BCUT2D eigenvalue weighted by atomic mass is 15.1. The summed E-state index contributed by atoms with van der Waals surface area (Å²) in [5.41, 5.74) is 20.7. The molecule has 0 aliphatic heterocycles. The van der Waals surface area contributed by atoms with Crippen LogP contribution in [-0.4, -0.2) is 4.57 Å². The van der Waals surface area contributed by atoms with Crippen molar-refractivity contribution in [2.45, 2.75) is 38.5 Å². The van der Waals surface area contributed by atoms with Crippen LogP contribution in [-0.2, 0) is 10.8 Å². The molecule has 0 fully saturated rings. The van der Waals surface area contributed by atoms with E-state index in [0.717, 1.165) is 45.0 Å². The highest BCUT2D eigenvalue weighted by molar-refractivity contribution is 6.08. The van der Waals surface area contributed by atoms with Gasteiger partial charge in [0.15, 0.2) is 0 Å². The molecule has 0 spiro atoms. The Labute approximate surface area is 391 Å². The summed E-state index contributed by atoms with van der Waals surface area (Å²) in [4.78, 5) is 2.31. The van der Waals surface area contributed by atoms with E-state index in [2.05, 4.69) is 243 Å². The van der Waals surface area contributed by atoms with Crippen molar-refractivity contribution in [3.05, 3.63) is 252 Å². The Balaban J connectivity index is 0.937. The van der Waals surface area contributed by atoms with Crippen molar-refractivity contribution in [3.63, 3.8) is 0 Å². The van der Waals surface area contributed by atoms with Crippen molar-refractivity contribution in [2.75, 3.05) is 4.90 Å². The van der Waals surface area contributed by atoms with Gasteiger partial charge in [-0.3, -0.25) is 0 Å². The molecule has 2 aliphatic carbocycles. The maximum absolute atomic E-state index is 9.60. The third kappa shape index (κ3) is 6.31. The lowest BCUT2D eigenvalue weighted by molar-refractivity contribution is 0.660. The number of rotatable bonds is 8. The summed E-state index contributed by atoms with van der Waals surface area (Å²) in [6.45, 7) is 9.18. The Hall–Kier alpha value is -7.94. The average Bonchev–Trinajstić information content (AvgIpc) is 3.92. The van der Waals surface area contributed by atoms with E-state index in [4.69, 9.17) is 0 Å². The van der Waals surface area contributed by atoms with E-state index in [0.29, 0.717) is 0 Å². The van der Waals surface area contributed by atoms with Gasteiger partial charge in [0.25, 0.3) is 0 Å². The maximum atomic E-state index is 9.60. The first-order chi connectivity index (χ1) is 33.1. The number of nitrogens with zero attached hydrogens (tertiary/aromatic N) is 2. The zero-order valence-corrected chi connectivity index (χ0v) is 37.7. The van der Waals surface area contributed by atoms with Crippen LogP contribution in [0.5, 0.6) is 0 Å². The molecule has 0 N–H and O–H groups in total. The number of fused-ring (bicyclic) bond motifs is 7. The molecule has 0 unspecified atom stereocenters. The van der Waals surface area contributed by atoms with Crippen LogP contribution in [0.1, 0.15) is 63.8 Å². The van der Waals surface area contributed by atoms with Gasteiger partial charge in [-0.15, -0.1) is 0 Å². The van der Waals surface area contributed by atoms with Gasteiger partial charge in [-0.2, -0.15) is 0 Å². The van der Waals surface area contributed by atoms with Crippen molar-refractivity contribution < 1.29 is 2.74 Å². The molecule has 0 atom stereocenters. The summed E-state index contributed by atoms with van der Waals surface area (Å²) in [6, 6.07) is 78.1. The van der Waals surface area contributed by atoms with Crippen LogP contribution >= 0.6 is 0 Å². The van der Waals surface area contributed by atoms with Gasteiger partial charge in [-0.05, 0) is 127 Å². The molecular formula is C64H50N2. The third-order valence-electron chi connectivity index (χ3n) is 14.2. The first-order valence-corrected chi connectivity index (χ1v) is 23.0. The number of hydrogen-bond donors (Lipinski definition) is 0. The Bertz CT molecular complexity index is 3570. The van der Waals surface area contributed by atoms with Gasteiger partial charge in [0.2, 0.25) is 0 Å². The second-order valence-electron chi connectivity index (χ2n) is 18.8. The smallest absolute Gasteiger partial charge is 0.0629 e. The molecule has 66 heavy (non-hydrogen) atoms. The lowest BCUT2D eigenvalue weighted by Crippen LogP contribution is -2.16. The Morgan fingerprint density at radius 3 is 1.39 bits per heavy atom. The molecule has 0 bridgehead atoms. The third-order valence-corrected chi connectivity index (χ3v) is 14.2. The van der Waals surface area contributed by atoms with Gasteiger partial charge in [0, 0.05) is 44.5 Å². The van der Waals surface area contributed by atoms with E-state index in [1.54, 1.807) is 0 Å². The summed E-state index contributed by atoms with van der Waals surface area (Å²) in [7, 11) is 0. The molecule has 10 aromatic rings. The van der Waals surface area contributed by atoms with Crippen molar-refractivity contribution in [2.24, 2.45) is 0 Å². The number of aromatic nitrogens is 1. The molecule has 316 valence electrons. The molecule has 0 radical (unpaired) electrons. The number of hydrogen-bond acceptors (Lipinski definition) is 1. The molecule has 12 rings (SSSR count). The Morgan fingerprint density at radius 1 is 0.409 bits per heavy atom. The predicted molar refractivity (Wildman–Crippen MR) is 279 cm³/mol. The number of para-hydroxylation sites is 3. The SMILES string of the molecule is [2H]/C(=C(/[2H])c1ccc2c(c1)C(C)(C)c1cc3c(cc1-2)c(-c1ccccc1)c(-c1ccccc1)n3-c1ccccc1)c1ccc2c(c1)C(C)(C)c1cc(N(c3ccccc3)c3ccccc3)ccc1-2. The molecule has 1 aromatic heterocycles. The van der Waals surface area contributed by atoms with Gasteiger partial charge in [0.05, 0.1) is 14.0 Å². The van der Waals surface area contributed by atoms with Crippen molar-refractivity contribution in [3.8, 4) is 50.3 Å². The molecule has 0 saturated carbocycles. The molecule has 2 nitrogen and oxygen atoms in total. The standard InChI is InChI=1S/C64H50N2/c1-63(2)56-38-43(32-35-51(56)52-37-34-50(40-58(52)63)65(47-24-14-7-15-25-47)48-26-16-8-17-27-48)30-31-44-33-36-53-54-41-55-60(42-59(54)64(3,4)57(53)39-44)66(49-28-18-9-19-29-49)62(46-22-12-6-13-23-46)61(55)45-20-10-5-11-21-45/h5-42H,1-4H3/b31-30+/i30D,31D. The zero-order valence-electron chi connectivity index (χ0n) is 39.7. The Kier molecular flexibility index (Phi) is 8.71. The summed E-state index contributed by atoms with van der Waals surface area (Å²) < 4.78 is 21.6. The number of anilines is 3. The lowest BCUT2D eigenvalue weighted by Gasteiger charge is -2.28. The minimum atomic E-state index is -0.359. The van der Waals surface area contributed by atoms with Crippen molar-refractivity contribution in [1.29, 1.82) is 0 Å². The number of benzene rings is 9. The molecule has 2 aliphatic rings. The summed E-state index contributed by atoms with van der Waals surface area (Å²) in [6.07, 6.45) is 0. The highest BCUT2D eigenvalue weighted by Gasteiger charge is 2.38. The van der Waals surface area contributed by atoms with Crippen LogP contribution in [0, 0.1) is 0 Å². The lowest BCUT2D eigenvalue weighted by atomic mass is 9.81. The fraction of sp³-hybridized carbons (Fsp3) is 0.0938. The van der Waals surface area contributed by atoms with E-state index in [1.165, 1.54) is 66.7 Å². The summed E-state index contributed by atoms with van der Waals surface area (Å²) in [5.74, 6) is 0. The monoisotopic (exact) mass is 848 g/mol. The van der Waals surface area contributed by atoms with Crippen LogP contribution in [0.2, 0.25) is 0 Å². The molecular weight excluding hydrogens is 797 g/mol. The highest BCUT2D eigenvalue weighted by Crippen LogP contribution is 2.54. The van der Waals surface area contributed by atoms with E-state index in [-0.39, 0.29) is 22.9 Å². The minimum Gasteiger partial charge on any atom is -0.310 e. The van der Waals surface area contributed by atoms with Gasteiger partial charge in [-0.25, -0.2) is 0 Å². The largest absolute Gasteiger partial charge is 0.310 e. The van der Waals surface area contributed by atoms with Gasteiger partial charge >= 0.3 is 0 Å². The van der Waals surface area contributed by atoms with E-state index >= 15 is 0 Å². The molecule has 0 amide bonds. The fourth-order valence-corrected chi connectivity index (χ4v) is 10.9. The fourth-order valence-electron chi connectivity index (χ4n) is 10.9. The quantitative estimate of drug-likeness (QED) is 0.138. The predicted octanol–water partition coefficient (Wildman–Crippen LogP) is 17.2.